The molecule has 1 fully saturated rings. The Morgan fingerprint density at radius 2 is 1.57 bits per heavy atom. The van der Waals surface area contributed by atoms with Crippen LogP contribution in [0.5, 0.6) is 0 Å². The van der Waals surface area contributed by atoms with Crippen LogP contribution >= 0.6 is 0 Å². The van der Waals surface area contributed by atoms with Gasteiger partial charge in [-0.15, -0.1) is 5.10 Å². The van der Waals surface area contributed by atoms with Crippen molar-refractivity contribution in [3.63, 3.8) is 0 Å². The molecule has 2 aromatic carbocycles. The highest BCUT2D eigenvalue weighted by Gasteiger charge is 2.42. The number of anilines is 2. The second kappa shape index (κ2) is 11.9. The number of carbonyl (C=O) groups excluding carboxylic acids is 1. The fraction of sp³-hybridized carbons (Fsp3) is 0.500. The zero-order chi connectivity index (χ0) is 33.8. The first-order chi connectivity index (χ1) is 21.3. The van der Waals surface area contributed by atoms with E-state index in [1.807, 2.05) is 0 Å². The minimum Gasteiger partial charge on any atom is -0.446 e. The summed E-state index contributed by atoms with van der Waals surface area (Å²) in [6, 6.07) is 1.55. The summed E-state index contributed by atoms with van der Waals surface area (Å²) in [5, 5.41) is 15.3. The van der Waals surface area contributed by atoms with Gasteiger partial charge in [0, 0.05) is 25.7 Å². The van der Waals surface area contributed by atoms with Crippen LogP contribution in [0.2, 0.25) is 0 Å². The normalized spacial score (nSPS) is 19.2. The number of ether oxygens (including phenoxy) is 1. The number of halogens is 9. The van der Waals surface area contributed by atoms with Crippen LogP contribution in [0.3, 0.4) is 0 Å². The second-order valence-corrected chi connectivity index (χ2v) is 11.4. The molecule has 3 aromatic rings. The van der Waals surface area contributed by atoms with Crippen LogP contribution in [-0.2, 0) is 29.8 Å². The Kier molecular flexibility index (Phi) is 8.63. The van der Waals surface area contributed by atoms with Crippen LogP contribution in [0, 0.1) is 0 Å². The monoisotopic (exact) mass is 665 g/mol. The average Bonchev–Trinajstić information content (AvgIpc) is 3.37. The standard InChI is InChI=1S/C28H28F9N7O2/c1-14(2)46-25(45)43-15(3)6-23(21-10-17(26(29,30)31)4-5-22(21)43)42(24-39-41-44(40-24)20-11-38-12-20)13-16-7-18(27(32,33)34)9-19(8-16)28(35,36)37/h4-5,7-10,14-15,20,23,38H,6,11-13H2,1-3H3/t15-,23+/m0/s1. The largest absolute Gasteiger partial charge is 0.446 e. The first kappa shape index (κ1) is 33.3. The Bertz CT molecular complexity index is 1550. The van der Waals surface area contributed by atoms with Crippen molar-refractivity contribution in [2.75, 3.05) is 22.9 Å². The van der Waals surface area contributed by atoms with Crippen LogP contribution in [-0.4, -0.2) is 51.5 Å². The lowest BCUT2D eigenvalue weighted by atomic mass is 9.89. The number of fused-ring (bicyclic) bond motifs is 1. The van der Waals surface area contributed by atoms with Gasteiger partial charge in [0.05, 0.1) is 40.6 Å². The van der Waals surface area contributed by atoms with Gasteiger partial charge in [-0.05, 0) is 79.9 Å². The number of aromatic nitrogens is 4. The summed E-state index contributed by atoms with van der Waals surface area (Å²) in [6.07, 6.45) is -16.6. The lowest BCUT2D eigenvalue weighted by molar-refractivity contribution is -0.143. The maximum absolute atomic E-state index is 13.9. The Morgan fingerprint density at radius 1 is 0.957 bits per heavy atom. The highest BCUT2D eigenvalue weighted by atomic mass is 19.4. The maximum Gasteiger partial charge on any atom is 0.416 e. The van der Waals surface area contributed by atoms with Crippen LogP contribution in [0.4, 0.5) is 55.9 Å². The van der Waals surface area contributed by atoms with Crippen LogP contribution in [0.25, 0.3) is 0 Å². The zero-order valence-corrected chi connectivity index (χ0v) is 24.5. The van der Waals surface area contributed by atoms with Gasteiger partial charge < -0.3 is 15.0 Å². The molecule has 0 spiro atoms. The highest BCUT2D eigenvalue weighted by Crippen LogP contribution is 2.45. The minimum absolute atomic E-state index is 0.0161. The third-order valence-electron chi connectivity index (χ3n) is 7.65. The quantitative estimate of drug-likeness (QED) is 0.291. The SMILES string of the molecule is CC(C)OC(=O)N1c2ccc(C(F)(F)F)cc2[C@H](N(Cc2cc(C(F)(F)F)cc(C(F)(F)F)c2)c2nnn(C3CNC3)n2)C[C@@H]1C. The summed E-state index contributed by atoms with van der Waals surface area (Å²) in [4.78, 5) is 16.7. The van der Waals surface area contributed by atoms with Crippen molar-refractivity contribution in [1.82, 2.24) is 25.5 Å². The molecule has 250 valence electrons. The number of nitrogens with zero attached hydrogens (tertiary/aromatic N) is 6. The molecule has 1 aromatic heterocycles. The van der Waals surface area contributed by atoms with E-state index in [1.54, 1.807) is 20.8 Å². The van der Waals surface area contributed by atoms with Gasteiger partial charge in [-0.25, -0.2) is 4.79 Å². The highest BCUT2D eigenvalue weighted by molar-refractivity contribution is 5.90. The van der Waals surface area contributed by atoms with Crippen molar-refractivity contribution >= 4 is 17.7 Å². The molecule has 2 atom stereocenters. The van der Waals surface area contributed by atoms with Crippen molar-refractivity contribution in [1.29, 1.82) is 0 Å². The van der Waals surface area contributed by atoms with E-state index in [1.165, 1.54) is 14.6 Å². The number of carbonyl (C=O) groups is 1. The van der Waals surface area contributed by atoms with E-state index < -0.39 is 71.6 Å². The fourth-order valence-corrected chi connectivity index (χ4v) is 5.39. The minimum atomic E-state index is -5.13. The zero-order valence-electron chi connectivity index (χ0n) is 24.5. The van der Waals surface area contributed by atoms with Gasteiger partial charge in [-0.1, -0.05) is 5.10 Å². The molecule has 9 nitrogen and oxygen atoms in total. The van der Waals surface area contributed by atoms with E-state index in [0.717, 1.165) is 18.2 Å². The molecule has 0 radical (unpaired) electrons. The number of alkyl halides is 9. The molecule has 2 aliphatic heterocycles. The molecule has 0 unspecified atom stereocenters. The smallest absolute Gasteiger partial charge is 0.416 e. The van der Waals surface area contributed by atoms with Crippen LogP contribution < -0.4 is 15.1 Å². The molecule has 3 heterocycles. The van der Waals surface area contributed by atoms with E-state index in [4.69, 9.17) is 4.74 Å². The Morgan fingerprint density at radius 3 is 2.09 bits per heavy atom. The second-order valence-electron chi connectivity index (χ2n) is 11.4. The molecular formula is C28H28F9N7O2. The van der Waals surface area contributed by atoms with Crippen molar-refractivity contribution in [2.24, 2.45) is 0 Å². The number of tetrazole rings is 1. The summed E-state index contributed by atoms with van der Waals surface area (Å²) in [5.74, 6) is -0.239. The van der Waals surface area contributed by atoms with Crippen LogP contribution in [0.15, 0.2) is 36.4 Å². The molecule has 0 saturated carbocycles. The topological polar surface area (TPSA) is 88.4 Å². The number of hydrogen-bond donors (Lipinski definition) is 1. The molecule has 1 saturated heterocycles. The molecule has 1 N–H and O–H groups in total. The molecule has 5 rings (SSSR count). The fourth-order valence-electron chi connectivity index (χ4n) is 5.39. The van der Waals surface area contributed by atoms with Crippen molar-refractivity contribution in [3.05, 3.63) is 64.2 Å². The van der Waals surface area contributed by atoms with E-state index in [-0.39, 0.29) is 35.7 Å². The Labute approximate surface area is 256 Å². The molecular weight excluding hydrogens is 637 g/mol. The number of benzene rings is 2. The summed E-state index contributed by atoms with van der Waals surface area (Å²) in [6.45, 7) is 5.01. The van der Waals surface area contributed by atoms with E-state index in [2.05, 4.69) is 20.7 Å². The number of amides is 1. The van der Waals surface area contributed by atoms with Gasteiger partial charge in [0.2, 0.25) is 0 Å². The van der Waals surface area contributed by atoms with Crippen molar-refractivity contribution < 1.29 is 49.0 Å². The van der Waals surface area contributed by atoms with Gasteiger partial charge in [0.15, 0.2) is 0 Å². The number of hydrogen-bond acceptors (Lipinski definition) is 7. The third-order valence-corrected chi connectivity index (χ3v) is 7.65. The van der Waals surface area contributed by atoms with Gasteiger partial charge in [0.25, 0.3) is 5.95 Å². The maximum atomic E-state index is 13.9. The van der Waals surface area contributed by atoms with Crippen LogP contribution in [0.1, 0.15) is 67.1 Å². The molecule has 2 aliphatic rings. The van der Waals surface area contributed by atoms with Crippen molar-refractivity contribution in [2.45, 2.75) is 76.5 Å². The van der Waals surface area contributed by atoms with Gasteiger partial charge in [0.1, 0.15) is 0 Å². The first-order valence-corrected chi connectivity index (χ1v) is 14.1. The molecule has 0 aliphatic carbocycles. The van der Waals surface area contributed by atoms with E-state index >= 15 is 0 Å². The first-order valence-electron chi connectivity index (χ1n) is 14.1. The summed E-state index contributed by atoms with van der Waals surface area (Å²) in [5.41, 5.74) is -4.73. The number of nitrogens with one attached hydrogen (secondary N) is 1. The van der Waals surface area contributed by atoms with Gasteiger partial charge in [-0.3, -0.25) is 4.90 Å². The van der Waals surface area contributed by atoms with E-state index in [9.17, 15) is 44.3 Å². The number of rotatable bonds is 6. The summed E-state index contributed by atoms with van der Waals surface area (Å²) >= 11 is 0. The lowest BCUT2D eigenvalue weighted by Gasteiger charge is -2.43. The van der Waals surface area contributed by atoms with Crippen molar-refractivity contribution in [3.8, 4) is 0 Å². The third kappa shape index (κ3) is 6.85. The van der Waals surface area contributed by atoms with Gasteiger partial charge >= 0.3 is 24.6 Å². The van der Waals surface area contributed by atoms with Gasteiger partial charge in [-0.2, -0.15) is 44.3 Å². The molecule has 46 heavy (non-hydrogen) atoms. The molecule has 18 heteroatoms. The Balaban J connectivity index is 1.68. The predicted octanol–water partition coefficient (Wildman–Crippen LogP) is 6.77. The molecule has 1 amide bonds. The predicted molar refractivity (Wildman–Crippen MR) is 145 cm³/mol. The average molecular weight is 666 g/mol. The lowest BCUT2D eigenvalue weighted by Crippen LogP contribution is -2.47. The molecule has 0 bridgehead atoms. The summed E-state index contributed by atoms with van der Waals surface area (Å²) < 4.78 is 129. The van der Waals surface area contributed by atoms with E-state index in [0.29, 0.717) is 25.2 Å². The summed E-state index contributed by atoms with van der Waals surface area (Å²) in [7, 11) is 0. The Hall–Kier alpha value is -4.09.